The smallest absolute Gasteiger partial charge is 0.254 e. The minimum atomic E-state index is -0.824. The Labute approximate surface area is 207 Å². The summed E-state index contributed by atoms with van der Waals surface area (Å²) < 4.78 is 25.8. The molecule has 1 aliphatic rings. The van der Waals surface area contributed by atoms with Crippen LogP contribution >= 0.6 is 0 Å². The van der Waals surface area contributed by atoms with E-state index in [4.69, 9.17) is 9.47 Å². The third-order valence-corrected chi connectivity index (χ3v) is 6.68. The van der Waals surface area contributed by atoms with Gasteiger partial charge in [0.15, 0.2) is 11.5 Å². The van der Waals surface area contributed by atoms with E-state index in [1.54, 1.807) is 37.4 Å². The number of carbonyl (C=O) groups is 2. The molecule has 8 heteroatoms. The Hall–Kier alpha value is -3.13. The van der Waals surface area contributed by atoms with Crippen LogP contribution in [0.15, 0.2) is 36.4 Å². The van der Waals surface area contributed by atoms with Crippen LogP contribution < -0.4 is 14.8 Å². The lowest BCUT2D eigenvalue weighted by Gasteiger charge is -2.40. The summed E-state index contributed by atoms with van der Waals surface area (Å²) in [4.78, 5) is 30.8. The van der Waals surface area contributed by atoms with Crippen LogP contribution in [-0.2, 0) is 4.79 Å². The third kappa shape index (κ3) is 5.59. The lowest BCUT2D eigenvalue weighted by molar-refractivity contribution is -0.124. The molecule has 7 nitrogen and oxygen atoms in total. The van der Waals surface area contributed by atoms with Crippen molar-refractivity contribution < 1.29 is 23.5 Å². The molecule has 3 rings (SSSR count). The Morgan fingerprint density at radius 1 is 1.09 bits per heavy atom. The van der Waals surface area contributed by atoms with Gasteiger partial charge in [0.05, 0.1) is 26.2 Å². The molecule has 0 bridgehead atoms. The van der Waals surface area contributed by atoms with Gasteiger partial charge < -0.3 is 24.6 Å². The molecule has 190 valence electrons. The highest BCUT2D eigenvalue weighted by Crippen LogP contribution is 2.46. The Bertz CT molecular complexity index is 1050. The minimum absolute atomic E-state index is 0.266. The number of amides is 2. The molecule has 35 heavy (non-hydrogen) atoms. The predicted octanol–water partition coefficient (Wildman–Crippen LogP) is 3.99. The average Bonchev–Trinajstić information content (AvgIpc) is 2.87. The van der Waals surface area contributed by atoms with Crippen LogP contribution in [0.25, 0.3) is 0 Å². The Morgan fingerprint density at radius 3 is 2.40 bits per heavy atom. The highest BCUT2D eigenvalue weighted by atomic mass is 19.1. The van der Waals surface area contributed by atoms with E-state index in [0.717, 1.165) is 25.9 Å². The molecule has 2 amide bonds. The lowest BCUT2D eigenvalue weighted by Crippen LogP contribution is -2.47. The average molecular weight is 486 g/mol. The zero-order valence-corrected chi connectivity index (χ0v) is 21.3. The topological polar surface area (TPSA) is 71.1 Å². The van der Waals surface area contributed by atoms with Crippen LogP contribution in [0.5, 0.6) is 11.5 Å². The van der Waals surface area contributed by atoms with Crippen molar-refractivity contribution in [3.63, 3.8) is 0 Å². The van der Waals surface area contributed by atoms with Gasteiger partial charge in [-0.05, 0) is 43.3 Å². The molecule has 2 aromatic rings. The molecule has 0 saturated carbocycles. The van der Waals surface area contributed by atoms with Crippen molar-refractivity contribution in [3.8, 4) is 11.5 Å². The summed E-state index contributed by atoms with van der Waals surface area (Å²) >= 11 is 0. The molecule has 1 heterocycles. The monoisotopic (exact) mass is 485 g/mol. The zero-order chi connectivity index (χ0) is 25.5. The molecule has 0 radical (unpaired) electrons. The van der Waals surface area contributed by atoms with Crippen LogP contribution in [0.3, 0.4) is 0 Å². The number of benzene rings is 2. The molecular formula is C27H36FN3O4. The quantitative estimate of drug-likeness (QED) is 0.521. The molecule has 1 N–H and O–H groups in total. The maximum Gasteiger partial charge on any atom is 0.254 e. The van der Waals surface area contributed by atoms with Gasteiger partial charge in [-0.15, -0.1) is 0 Å². The van der Waals surface area contributed by atoms with Gasteiger partial charge in [-0.1, -0.05) is 38.5 Å². The van der Waals surface area contributed by atoms with Crippen LogP contribution in [0.2, 0.25) is 0 Å². The number of halogens is 1. The second-order valence-electron chi connectivity index (χ2n) is 8.73. The SMILES string of the molecule is CCCCN(CC)CCNC(=O)[C@@H]1c2cc(OC)c(OC)cc2C(=O)N(C)[C@H]1c1ccccc1F. The number of nitrogens with one attached hydrogen (secondary N) is 1. The van der Waals surface area contributed by atoms with Crippen molar-refractivity contribution in [1.82, 2.24) is 15.1 Å². The fourth-order valence-electron chi connectivity index (χ4n) is 4.69. The number of carbonyl (C=O) groups excluding carboxylic acids is 2. The molecule has 0 spiro atoms. The van der Waals surface area contributed by atoms with Crippen molar-refractivity contribution in [1.29, 1.82) is 0 Å². The highest BCUT2D eigenvalue weighted by molar-refractivity contribution is 6.02. The van der Waals surface area contributed by atoms with E-state index in [1.807, 2.05) is 0 Å². The summed E-state index contributed by atoms with van der Waals surface area (Å²) in [6.07, 6.45) is 2.21. The Balaban J connectivity index is 2.01. The molecule has 0 aliphatic carbocycles. The van der Waals surface area contributed by atoms with Gasteiger partial charge in [0.2, 0.25) is 5.91 Å². The Morgan fingerprint density at radius 2 is 1.77 bits per heavy atom. The standard InChI is InChI=1S/C27H36FN3O4/c1-6-8-14-31(7-2)15-13-29-26(32)24-19-16-22(34-4)23(35-5)17-20(19)27(33)30(3)25(24)18-11-9-10-12-21(18)28/h9-12,16-17,24-25H,6-8,13-15H2,1-5H3,(H,29,32)/t24-,25+/m1/s1. The number of methoxy groups -OCH3 is 2. The van der Waals surface area contributed by atoms with E-state index < -0.39 is 17.8 Å². The summed E-state index contributed by atoms with van der Waals surface area (Å²) in [5, 5.41) is 3.04. The highest BCUT2D eigenvalue weighted by Gasteiger charge is 2.44. The van der Waals surface area contributed by atoms with E-state index in [9.17, 15) is 14.0 Å². The van der Waals surface area contributed by atoms with E-state index in [-0.39, 0.29) is 11.8 Å². The van der Waals surface area contributed by atoms with Crippen LogP contribution in [0, 0.1) is 5.82 Å². The number of unbranched alkanes of at least 4 members (excludes halogenated alkanes) is 1. The van der Waals surface area contributed by atoms with Gasteiger partial charge in [0.1, 0.15) is 5.82 Å². The van der Waals surface area contributed by atoms with Gasteiger partial charge >= 0.3 is 0 Å². The van der Waals surface area contributed by atoms with Crippen molar-refractivity contribution in [2.24, 2.45) is 0 Å². The van der Waals surface area contributed by atoms with Crippen molar-refractivity contribution in [2.45, 2.75) is 38.6 Å². The van der Waals surface area contributed by atoms with Gasteiger partial charge in [-0.2, -0.15) is 0 Å². The summed E-state index contributed by atoms with van der Waals surface area (Å²) in [6, 6.07) is 8.72. The van der Waals surface area contributed by atoms with E-state index in [0.29, 0.717) is 41.3 Å². The summed E-state index contributed by atoms with van der Waals surface area (Å²) in [7, 11) is 4.59. The summed E-state index contributed by atoms with van der Waals surface area (Å²) in [5.41, 5.74) is 1.13. The normalized spacial score (nSPS) is 17.3. The maximum absolute atomic E-state index is 15.0. The first-order valence-corrected chi connectivity index (χ1v) is 12.1. The first-order valence-electron chi connectivity index (χ1n) is 12.1. The zero-order valence-electron chi connectivity index (χ0n) is 21.3. The number of hydrogen-bond acceptors (Lipinski definition) is 5. The van der Waals surface area contributed by atoms with Gasteiger partial charge in [0, 0.05) is 31.3 Å². The van der Waals surface area contributed by atoms with Gasteiger partial charge in [-0.25, -0.2) is 4.39 Å². The van der Waals surface area contributed by atoms with Crippen LogP contribution in [0.4, 0.5) is 4.39 Å². The second kappa shape index (κ2) is 12.0. The number of likely N-dealkylation sites (N-methyl/N-ethyl adjacent to an activating group) is 2. The fourth-order valence-corrected chi connectivity index (χ4v) is 4.69. The Kier molecular flexibility index (Phi) is 9.09. The van der Waals surface area contributed by atoms with E-state index in [2.05, 4.69) is 24.1 Å². The summed E-state index contributed by atoms with van der Waals surface area (Å²) in [6.45, 7) is 7.29. The summed E-state index contributed by atoms with van der Waals surface area (Å²) in [5.74, 6) is -1.06. The molecule has 0 unspecified atom stereocenters. The fraction of sp³-hybridized carbons (Fsp3) is 0.481. The van der Waals surface area contributed by atoms with Gasteiger partial charge in [0.25, 0.3) is 5.91 Å². The molecule has 2 atom stereocenters. The number of fused-ring (bicyclic) bond motifs is 1. The second-order valence-corrected chi connectivity index (χ2v) is 8.73. The maximum atomic E-state index is 15.0. The minimum Gasteiger partial charge on any atom is -0.493 e. The molecule has 0 aromatic heterocycles. The largest absolute Gasteiger partial charge is 0.493 e. The molecule has 1 aliphatic heterocycles. The van der Waals surface area contributed by atoms with E-state index >= 15 is 0 Å². The third-order valence-electron chi connectivity index (χ3n) is 6.68. The molecular weight excluding hydrogens is 449 g/mol. The number of rotatable bonds is 11. The van der Waals surface area contributed by atoms with Crippen molar-refractivity contribution in [2.75, 3.05) is 47.4 Å². The first-order chi connectivity index (χ1) is 16.9. The molecule has 2 aromatic carbocycles. The molecule has 0 saturated heterocycles. The number of hydrogen-bond donors (Lipinski definition) is 1. The van der Waals surface area contributed by atoms with Crippen molar-refractivity contribution >= 4 is 11.8 Å². The number of nitrogens with zero attached hydrogens (tertiary/aromatic N) is 2. The lowest BCUT2D eigenvalue weighted by atomic mass is 9.79. The predicted molar refractivity (Wildman–Crippen MR) is 134 cm³/mol. The van der Waals surface area contributed by atoms with Crippen LogP contribution in [0.1, 0.15) is 60.1 Å². The van der Waals surface area contributed by atoms with E-state index in [1.165, 1.54) is 25.2 Å². The number of ether oxygens (including phenoxy) is 2. The van der Waals surface area contributed by atoms with Crippen molar-refractivity contribution in [3.05, 3.63) is 58.9 Å². The van der Waals surface area contributed by atoms with Gasteiger partial charge in [-0.3, -0.25) is 9.59 Å². The first kappa shape index (κ1) is 26.5. The molecule has 0 fully saturated rings. The van der Waals surface area contributed by atoms with Crippen LogP contribution in [-0.4, -0.2) is 69.1 Å².